The number of imide groups is 1. The van der Waals surface area contributed by atoms with E-state index >= 15 is 0 Å². The Morgan fingerprint density at radius 2 is 1.45 bits per heavy atom. The molecule has 208 valence electrons. The Morgan fingerprint density at radius 1 is 0.842 bits per heavy atom. The zero-order valence-corrected chi connectivity index (χ0v) is 23.4. The molecule has 3 N–H and O–H groups in total. The van der Waals surface area contributed by atoms with Crippen molar-refractivity contribution in [2.75, 3.05) is 11.9 Å². The molecule has 0 bridgehead atoms. The maximum atomic E-state index is 12.9. The van der Waals surface area contributed by atoms with Gasteiger partial charge in [-0.05, 0) is 55.2 Å². The molecular weight excluding hydrogens is 484 g/mol. The van der Waals surface area contributed by atoms with Gasteiger partial charge in [-0.3, -0.25) is 28.9 Å². The van der Waals surface area contributed by atoms with Crippen LogP contribution in [0.5, 0.6) is 0 Å². The predicted molar refractivity (Wildman–Crippen MR) is 147 cm³/mol. The summed E-state index contributed by atoms with van der Waals surface area (Å²) in [7, 11) is 0. The van der Waals surface area contributed by atoms with Crippen LogP contribution in [0.15, 0.2) is 36.4 Å². The predicted octanol–water partition coefficient (Wildman–Crippen LogP) is 3.34. The minimum atomic E-state index is -0.791. The van der Waals surface area contributed by atoms with E-state index in [0.29, 0.717) is 31.5 Å². The van der Waals surface area contributed by atoms with Crippen molar-refractivity contribution in [1.29, 1.82) is 0 Å². The smallest absolute Gasteiger partial charge is 0.253 e. The lowest BCUT2D eigenvalue weighted by molar-refractivity contribution is -0.137. The van der Waals surface area contributed by atoms with Gasteiger partial charge in [0.1, 0.15) is 12.1 Å². The largest absolute Gasteiger partial charge is 0.344 e. The number of nitrogens with zero attached hydrogens (tertiary/aromatic N) is 1. The molecule has 2 rings (SSSR count). The van der Waals surface area contributed by atoms with Crippen LogP contribution in [0.25, 0.3) is 0 Å². The van der Waals surface area contributed by atoms with Crippen LogP contribution in [0, 0.1) is 11.3 Å². The van der Waals surface area contributed by atoms with Crippen LogP contribution in [0.2, 0.25) is 0 Å². The van der Waals surface area contributed by atoms with Crippen LogP contribution in [0.4, 0.5) is 5.69 Å². The van der Waals surface area contributed by atoms with Crippen molar-refractivity contribution in [1.82, 2.24) is 15.5 Å². The Morgan fingerprint density at radius 3 is 2.00 bits per heavy atom. The van der Waals surface area contributed by atoms with Gasteiger partial charge in [-0.25, -0.2) is 0 Å². The van der Waals surface area contributed by atoms with Crippen molar-refractivity contribution >= 4 is 35.2 Å². The molecule has 38 heavy (non-hydrogen) atoms. The molecule has 2 atom stereocenters. The maximum absolute atomic E-state index is 12.9. The Kier molecular flexibility index (Phi) is 11.2. The summed E-state index contributed by atoms with van der Waals surface area (Å²) < 4.78 is 0. The van der Waals surface area contributed by atoms with Crippen molar-refractivity contribution in [2.24, 2.45) is 11.3 Å². The monoisotopic (exact) mass is 526 g/mol. The minimum absolute atomic E-state index is 0.167. The summed E-state index contributed by atoms with van der Waals surface area (Å²) in [6, 6.07) is 6.10. The molecule has 1 unspecified atom stereocenters. The van der Waals surface area contributed by atoms with E-state index in [1.807, 2.05) is 38.1 Å². The van der Waals surface area contributed by atoms with Gasteiger partial charge in [-0.1, -0.05) is 53.2 Å². The molecule has 1 aromatic rings. The zero-order chi connectivity index (χ0) is 28.5. The van der Waals surface area contributed by atoms with E-state index in [4.69, 9.17) is 0 Å². The molecule has 1 heterocycles. The second-order valence-corrected chi connectivity index (χ2v) is 11.4. The molecule has 1 aromatic carbocycles. The van der Waals surface area contributed by atoms with Crippen LogP contribution < -0.4 is 16.0 Å². The van der Waals surface area contributed by atoms with E-state index in [0.717, 1.165) is 6.42 Å². The van der Waals surface area contributed by atoms with E-state index in [1.165, 1.54) is 22.6 Å². The third-order valence-electron chi connectivity index (χ3n) is 6.16. The molecule has 0 spiro atoms. The Hall–Kier alpha value is -3.49. The third kappa shape index (κ3) is 10.1. The second kappa shape index (κ2) is 13.9. The number of carbonyl (C=O) groups is 5. The Bertz CT molecular complexity index is 1020. The van der Waals surface area contributed by atoms with Gasteiger partial charge in [0.2, 0.25) is 17.7 Å². The maximum Gasteiger partial charge on any atom is 0.253 e. The first-order chi connectivity index (χ1) is 17.8. The van der Waals surface area contributed by atoms with Gasteiger partial charge in [0.15, 0.2) is 0 Å². The molecule has 9 nitrogen and oxygen atoms in total. The summed E-state index contributed by atoms with van der Waals surface area (Å²) in [6.07, 6.45) is 5.48. The molecule has 1 aliphatic heterocycles. The number of unbranched alkanes of at least 4 members (excludes halogenated alkanes) is 2. The lowest BCUT2D eigenvalue weighted by Crippen LogP contribution is -2.53. The summed E-state index contributed by atoms with van der Waals surface area (Å²) in [5.41, 5.74) is 2.00. The Balaban J connectivity index is 1.77. The summed E-state index contributed by atoms with van der Waals surface area (Å²) in [5.74, 6) is -1.83. The molecular formula is C29H42N4O5. The van der Waals surface area contributed by atoms with Crippen molar-refractivity contribution in [3.8, 4) is 0 Å². The summed E-state index contributed by atoms with van der Waals surface area (Å²) in [6.45, 7) is 12.1. The van der Waals surface area contributed by atoms with Crippen LogP contribution in [-0.4, -0.2) is 53.1 Å². The van der Waals surface area contributed by atoms with E-state index in [2.05, 4.69) is 36.7 Å². The van der Waals surface area contributed by atoms with Crippen molar-refractivity contribution in [2.45, 2.75) is 85.7 Å². The van der Waals surface area contributed by atoms with Crippen molar-refractivity contribution < 1.29 is 24.0 Å². The van der Waals surface area contributed by atoms with E-state index in [-0.39, 0.29) is 41.4 Å². The number of hydrogen-bond donors (Lipinski definition) is 3. The van der Waals surface area contributed by atoms with Gasteiger partial charge in [0.05, 0.1) is 0 Å². The molecule has 0 fully saturated rings. The van der Waals surface area contributed by atoms with Gasteiger partial charge in [-0.15, -0.1) is 0 Å². The molecule has 0 saturated heterocycles. The fourth-order valence-corrected chi connectivity index (χ4v) is 4.10. The average molecular weight is 527 g/mol. The molecule has 0 aromatic heterocycles. The fourth-order valence-electron chi connectivity index (χ4n) is 4.10. The first kappa shape index (κ1) is 30.7. The average Bonchev–Trinajstić information content (AvgIpc) is 3.14. The third-order valence-corrected chi connectivity index (χ3v) is 6.16. The number of benzene rings is 1. The quantitative estimate of drug-likeness (QED) is 0.269. The number of rotatable bonds is 13. The van der Waals surface area contributed by atoms with Crippen LogP contribution >= 0.6 is 0 Å². The first-order valence-electron chi connectivity index (χ1n) is 13.3. The highest BCUT2D eigenvalue weighted by Crippen LogP contribution is 2.21. The van der Waals surface area contributed by atoms with Crippen LogP contribution in [-0.2, 0) is 30.4 Å². The highest BCUT2D eigenvalue weighted by atomic mass is 16.2. The van der Waals surface area contributed by atoms with E-state index < -0.39 is 18.0 Å². The van der Waals surface area contributed by atoms with Gasteiger partial charge in [0, 0.05) is 30.8 Å². The highest BCUT2D eigenvalue weighted by Gasteiger charge is 2.27. The van der Waals surface area contributed by atoms with Crippen LogP contribution in [0.1, 0.15) is 72.8 Å². The SMILES string of the molecule is CC(C)C(NC(=O)CCCCCN1C(=O)C=CC1=O)C(=O)N[C@@H](C)C(=O)Nc1ccc(CC(C)(C)C)cc1. The number of carbonyl (C=O) groups excluding carboxylic acids is 5. The first-order valence-corrected chi connectivity index (χ1v) is 13.3. The van der Waals surface area contributed by atoms with Gasteiger partial charge < -0.3 is 16.0 Å². The molecule has 9 heteroatoms. The normalized spacial score (nSPS) is 15.0. The molecule has 1 aliphatic rings. The zero-order valence-electron chi connectivity index (χ0n) is 23.4. The summed E-state index contributed by atoms with van der Waals surface area (Å²) in [5, 5.41) is 8.29. The highest BCUT2D eigenvalue weighted by molar-refractivity contribution is 6.12. The molecule has 0 radical (unpaired) electrons. The lowest BCUT2D eigenvalue weighted by Gasteiger charge is -2.24. The van der Waals surface area contributed by atoms with Crippen molar-refractivity contribution in [3.63, 3.8) is 0 Å². The van der Waals surface area contributed by atoms with Gasteiger partial charge >= 0.3 is 0 Å². The standard InChI is InChI=1S/C29H42N4O5/c1-19(2)26(32-23(34)10-8-7-9-17-33-24(35)15-16-25(33)36)28(38)30-20(3)27(37)31-22-13-11-21(12-14-22)18-29(4,5)6/h11-16,19-20,26H,7-10,17-18H2,1-6H3,(H,30,38)(H,31,37)(H,32,34)/t20-,26?/m0/s1. The number of nitrogens with one attached hydrogen (secondary N) is 3. The summed E-state index contributed by atoms with van der Waals surface area (Å²) in [4.78, 5) is 62.3. The van der Waals surface area contributed by atoms with Gasteiger partial charge in [0.25, 0.3) is 11.8 Å². The summed E-state index contributed by atoms with van der Waals surface area (Å²) >= 11 is 0. The van der Waals surface area contributed by atoms with Crippen LogP contribution in [0.3, 0.4) is 0 Å². The molecule has 5 amide bonds. The minimum Gasteiger partial charge on any atom is -0.344 e. The lowest BCUT2D eigenvalue weighted by atomic mass is 9.88. The van der Waals surface area contributed by atoms with E-state index in [1.54, 1.807) is 6.92 Å². The second-order valence-electron chi connectivity index (χ2n) is 11.4. The van der Waals surface area contributed by atoms with Crippen molar-refractivity contribution in [3.05, 3.63) is 42.0 Å². The van der Waals surface area contributed by atoms with Gasteiger partial charge in [-0.2, -0.15) is 0 Å². The molecule has 0 saturated carbocycles. The molecule has 0 aliphatic carbocycles. The number of amides is 5. The number of hydrogen-bond acceptors (Lipinski definition) is 5. The Labute approximate surface area is 225 Å². The topological polar surface area (TPSA) is 125 Å². The number of anilines is 1. The van der Waals surface area contributed by atoms with E-state index in [9.17, 15) is 24.0 Å². The fraction of sp³-hybridized carbons (Fsp3) is 0.552.